The van der Waals surface area contributed by atoms with E-state index in [0.29, 0.717) is 0 Å². The van der Waals surface area contributed by atoms with Crippen LogP contribution in [0.5, 0.6) is 0 Å². The van der Waals surface area contributed by atoms with Gasteiger partial charge in [0.05, 0.1) is 12.7 Å². The molecular formula is C17H20N2O4. The first-order valence-electron chi connectivity index (χ1n) is 7.08. The van der Waals surface area contributed by atoms with Gasteiger partial charge in [0, 0.05) is 38.6 Å². The maximum atomic E-state index is 12.5. The number of hydrogen-bond donors (Lipinski definition) is 0. The molecule has 23 heavy (non-hydrogen) atoms. The number of ether oxygens (including phenoxy) is 1. The summed E-state index contributed by atoms with van der Waals surface area (Å²) in [6, 6.07) is 7.13. The smallest absolute Gasteiger partial charge is 0.341 e. The zero-order valence-corrected chi connectivity index (χ0v) is 13.9. The van der Waals surface area contributed by atoms with E-state index in [2.05, 4.69) is 4.74 Å². The van der Waals surface area contributed by atoms with E-state index in [1.165, 1.54) is 24.3 Å². The lowest BCUT2D eigenvalue weighted by Gasteiger charge is -2.21. The van der Waals surface area contributed by atoms with Gasteiger partial charge in [-0.15, -0.1) is 0 Å². The summed E-state index contributed by atoms with van der Waals surface area (Å²) in [7, 11) is 6.83. The van der Waals surface area contributed by atoms with Gasteiger partial charge in [0.15, 0.2) is 5.76 Å². The van der Waals surface area contributed by atoms with Gasteiger partial charge in [-0.3, -0.25) is 4.79 Å². The van der Waals surface area contributed by atoms with E-state index in [1.54, 1.807) is 7.05 Å². The fourth-order valence-electron chi connectivity index (χ4n) is 2.24. The number of methoxy groups -OCH3 is 1. The van der Waals surface area contributed by atoms with Crippen LogP contribution >= 0.6 is 0 Å². The van der Waals surface area contributed by atoms with Crippen LogP contribution < -0.4 is 9.80 Å². The molecule has 0 unspecified atom stereocenters. The Morgan fingerprint density at radius 2 is 1.83 bits per heavy atom. The van der Waals surface area contributed by atoms with E-state index in [-0.39, 0.29) is 17.2 Å². The molecule has 1 aromatic heterocycles. The molecule has 1 amide bonds. The zero-order chi connectivity index (χ0) is 17.1. The number of aryl methyl sites for hydroxylation is 1. The highest BCUT2D eigenvalue weighted by molar-refractivity contribution is 6.05. The lowest BCUT2D eigenvalue weighted by Crippen LogP contribution is -2.26. The number of furan rings is 1. The summed E-state index contributed by atoms with van der Waals surface area (Å²) in [5.41, 5.74) is 3.09. The van der Waals surface area contributed by atoms with Gasteiger partial charge in [-0.25, -0.2) is 4.79 Å². The summed E-state index contributed by atoms with van der Waals surface area (Å²) in [5.74, 6) is -0.797. The van der Waals surface area contributed by atoms with E-state index in [4.69, 9.17) is 4.42 Å². The number of amides is 1. The number of esters is 1. The standard InChI is InChI=1S/C17H20N2O4/c1-11-6-7-13(9-14(11)18(2)3)19(4)16(20)15-8-12(10-23-15)17(21)22-5/h6-10H,1-5H3. The van der Waals surface area contributed by atoms with Crippen LogP contribution in [0, 0.1) is 6.92 Å². The number of benzene rings is 1. The minimum absolute atomic E-state index is 0.0832. The summed E-state index contributed by atoms with van der Waals surface area (Å²) < 4.78 is 9.79. The van der Waals surface area contributed by atoms with Crippen LogP contribution in [0.25, 0.3) is 0 Å². The summed E-state index contributed by atoms with van der Waals surface area (Å²) in [6.45, 7) is 2.01. The first-order valence-corrected chi connectivity index (χ1v) is 7.08. The third-order valence-corrected chi connectivity index (χ3v) is 3.60. The molecule has 2 rings (SSSR count). The van der Waals surface area contributed by atoms with E-state index in [0.717, 1.165) is 16.9 Å². The average molecular weight is 316 g/mol. The Morgan fingerprint density at radius 1 is 1.13 bits per heavy atom. The molecule has 2 aromatic rings. The van der Waals surface area contributed by atoms with Crippen LogP contribution in [-0.4, -0.2) is 40.1 Å². The summed E-state index contributed by atoms with van der Waals surface area (Å²) in [5, 5.41) is 0. The second-order valence-corrected chi connectivity index (χ2v) is 5.42. The number of hydrogen-bond acceptors (Lipinski definition) is 5. The fraction of sp³-hybridized carbons (Fsp3) is 0.294. The van der Waals surface area contributed by atoms with E-state index < -0.39 is 5.97 Å². The van der Waals surface area contributed by atoms with Gasteiger partial charge in [0.2, 0.25) is 0 Å². The van der Waals surface area contributed by atoms with Gasteiger partial charge >= 0.3 is 5.97 Å². The molecule has 0 saturated heterocycles. The molecule has 6 nitrogen and oxygen atoms in total. The fourth-order valence-corrected chi connectivity index (χ4v) is 2.24. The van der Waals surface area contributed by atoms with Crippen molar-refractivity contribution in [1.29, 1.82) is 0 Å². The van der Waals surface area contributed by atoms with Crippen LogP contribution in [0.15, 0.2) is 34.9 Å². The lowest BCUT2D eigenvalue weighted by atomic mass is 10.1. The molecule has 6 heteroatoms. The van der Waals surface area contributed by atoms with Gasteiger partial charge in [0.25, 0.3) is 5.91 Å². The third-order valence-electron chi connectivity index (χ3n) is 3.60. The third kappa shape index (κ3) is 3.36. The SMILES string of the molecule is COC(=O)c1coc(C(=O)N(C)c2ccc(C)c(N(C)C)c2)c1. The number of carbonyl (C=O) groups is 2. The molecule has 0 aliphatic heterocycles. The highest BCUT2D eigenvalue weighted by Crippen LogP contribution is 2.25. The van der Waals surface area contributed by atoms with E-state index in [1.807, 2.05) is 44.1 Å². The minimum Gasteiger partial charge on any atom is -0.465 e. The van der Waals surface area contributed by atoms with Crippen LogP contribution in [0.2, 0.25) is 0 Å². The van der Waals surface area contributed by atoms with Crippen molar-refractivity contribution >= 4 is 23.3 Å². The Hall–Kier alpha value is -2.76. The zero-order valence-electron chi connectivity index (χ0n) is 13.9. The van der Waals surface area contributed by atoms with E-state index in [9.17, 15) is 9.59 Å². The van der Waals surface area contributed by atoms with Crippen LogP contribution in [-0.2, 0) is 4.74 Å². The molecule has 0 atom stereocenters. The Balaban J connectivity index is 2.28. The van der Waals surface area contributed by atoms with Gasteiger partial charge in [-0.05, 0) is 24.6 Å². The second-order valence-electron chi connectivity index (χ2n) is 5.42. The number of carbonyl (C=O) groups excluding carboxylic acids is 2. The van der Waals surface area contributed by atoms with Crippen LogP contribution in [0.1, 0.15) is 26.5 Å². The molecule has 0 bridgehead atoms. The molecule has 122 valence electrons. The summed E-state index contributed by atoms with van der Waals surface area (Å²) in [6.07, 6.45) is 1.22. The molecule has 1 aromatic carbocycles. The van der Waals surface area contributed by atoms with Crippen molar-refractivity contribution in [3.63, 3.8) is 0 Å². The summed E-state index contributed by atoms with van der Waals surface area (Å²) >= 11 is 0. The van der Waals surface area contributed by atoms with Crippen molar-refractivity contribution in [2.24, 2.45) is 0 Å². The van der Waals surface area contributed by atoms with Gasteiger partial charge in [-0.2, -0.15) is 0 Å². The lowest BCUT2D eigenvalue weighted by molar-refractivity contribution is 0.0600. The molecule has 0 saturated carbocycles. The van der Waals surface area contributed by atoms with Crippen molar-refractivity contribution in [2.75, 3.05) is 38.1 Å². The van der Waals surface area contributed by atoms with Gasteiger partial charge in [0.1, 0.15) is 6.26 Å². The second kappa shape index (κ2) is 6.56. The molecule has 0 radical (unpaired) electrons. The molecule has 0 N–H and O–H groups in total. The predicted molar refractivity (Wildman–Crippen MR) is 88.3 cm³/mol. The summed E-state index contributed by atoms with van der Waals surface area (Å²) in [4.78, 5) is 27.4. The quantitative estimate of drug-likeness (QED) is 0.812. The van der Waals surface area contributed by atoms with Crippen molar-refractivity contribution in [1.82, 2.24) is 0 Å². The molecule has 0 aliphatic rings. The van der Waals surface area contributed by atoms with Gasteiger partial charge in [-0.1, -0.05) is 6.07 Å². The maximum absolute atomic E-state index is 12.5. The topological polar surface area (TPSA) is 63.0 Å². The van der Waals surface area contributed by atoms with E-state index >= 15 is 0 Å². The molecular weight excluding hydrogens is 296 g/mol. The van der Waals surface area contributed by atoms with Crippen molar-refractivity contribution in [2.45, 2.75) is 6.92 Å². The van der Waals surface area contributed by atoms with Crippen molar-refractivity contribution in [3.05, 3.63) is 47.4 Å². The Bertz CT molecular complexity index is 734. The Labute approximate surface area is 135 Å². The minimum atomic E-state index is -0.541. The number of nitrogens with zero attached hydrogens (tertiary/aromatic N) is 2. The predicted octanol–water partition coefficient (Wildman–Crippen LogP) is 2.72. The molecule has 0 fully saturated rings. The Morgan fingerprint density at radius 3 is 2.43 bits per heavy atom. The highest BCUT2D eigenvalue weighted by atomic mass is 16.5. The first-order chi connectivity index (χ1) is 10.8. The first kappa shape index (κ1) is 16.6. The molecule has 1 heterocycles. The van der Waals surface area contributed by atoms with Crippen LogP contribution in [0.3, 0.4) is 0 Å². The normalized spacial score (nSPS) is 10.3. The highest BCUT2D eigenvalue weighted by Gasteiger charge is 2.20. The average Bonchev–Trinajstić information content (AvgIpc) is 3.02. The number of rotatable bonds is 4. The number of anilines is 2. The Kier molecular flexibility index (Phi) is 4.74. The molecule has 0 spiro atoms. The van der Waals surface area contributed by atoms with Crippen molar-refractivity contribution in [3.8, 4) is 0 Å². The maximum Gasteiger partial charge on any atom is 0.341 e. The van der Waals surface area contributed by atoms with Crippen LogP contribution in [0.4, 0.5) is 11.4 Å². The monoisotopic (exact) mass is 316 g/mol. The van der Waals surface area contributed by atoms with Gasteiger partial charge < -0.3 is 19.0 Å². The largest absolute Gasteiger partial charge is 0.465 e. The van der Waals surface area contributed by atoms with Crippen molar-refractivity contribution < 1.29 is 18.7 Å². The molecule has 0 aliphatic carbocycles.